The van der Waals surface area contributed by atoms with Crippen LogP contribution < -0.4 is 19.5 Å². The van der Waals surface area contributed by atoms with Gasteiger partial charge in [-0.1, -0.05) is 35.5 Å². The lowest BCUT2D eigenvalue weighted by Gasteiger charge is -2.17. The fourth-order valence-corrected chi connectivity index (χ4v) is 2.81. The second-order valence-corrected chi connectivity index (χ2v) is 6.16. The second-order valence-electron chi connectivity index (χ2n) is 6.16. The van der Waals surface area contributed by atoms with Gasteiger partial charge in [-0.3, -0.25) is 4.79 Å². The summed E-state index contributed by atoms with van der Waals surface area (Å²) in [6, 6.07) is 12.7. The predicted octanol–water partition coefficient (Wildman–Crippen LogP) is 3.86. The Morgan fingerprint density at radius 3 is 2.20 bits per heavy atom. The topological polar surface area (TPSA) is 95.7 Å². The van der Waals surface area contributed by atoms with Crippen molar-refractivity contribution in [3.63, 3.8) is 0 Å². The van der Waals surface area contributed by atoms with E-state index in [1.165, 1.54) is 0 Å². The van der Waals surface area contributed by atoms with Crippen molar-refractivity contribution in [1.29, 1.82) is 0 Å². The Kier molecular flexibility index (Phi) is 7.26. The van der Waals surface area contributed by atoms with Crippen LogP contribution in [0, 0.1) is 0 Å². The molecule has 0 saturated heterocycles. The van der Waals surface area contributed by atoms with Crippen molar-refractivity contribution in [2.75, 3.05) is 19.8 Å². The first kappa shape index (κ1) is 21.2. The summed E-state index contributed by atoms with van der Waals surface area (Å²) < 4.78 is 22.2. The maximum atomic E-state index is 12.7. The lowest BCUT2D eigenvalue weighted by atomic mass is 10.1. The van der Waals surface area contributed by atoms with Gasteiger partial charge in [-0.05, 0) is 32.9 Å². The smallest absolute Gasteiger partial charge is 0.251 e. The van der Waals surface area contributed by atoms with Gasteiger partial charge in [0.05, 0.1) is 26.4 Å². The van der Waals surface area contributed by atoms with Gasteiger partial charge in [-0.15, -0.1) is 0 Å². The summed E-state index contributed by atoms with van der Waals surface area (Å²) in [5.74, 6) is 1.86. The molecular formula is C22H25N3O5. The van der Waals surface area contributed by atoms with Crippen molar-refractivity contribution >= 4 is 5.91 Å². The Hall–Kier alpha value is -3.55. The number of hydrogen-bond donors (Lipinski definition) is 1. The summed E-state index contributed by atoms with van der Waals surface area (Å²) in [5.41, 5.74) is 1.22. The van der Waals surface area contributed by atoms with E-state index in [4.69, 9.17) is 18.7 Å². The molecule has 1 amide bonds. The van der Waals surface area contributed by atoms with Crippen LogP contribution in [0.4, 0.5) is 0 Å². The minimum absolute atomic E-state index is 0.0970. The van der Waals surface area contributed by atoms with Crippen LogP contribution in [0.2, 0.25) is 0 Å². The fourth-order valence-electron chi connectivity index (χ4n) is 2.81. The van der Waals surface area contributed by atoms with E-state index in [2.05, 4.69) is 15.5 Å². The highest BCUT2D eigenvalue weighted by Crippen LogP contribution is 2.39. The molecule has 1 N–H and O–H groups in total. The van der Waals surface area contributed by atoms with Crippen LogP contribution in [0.1, 0.15) is 37.0 Å². The van der Waals surface area contributed by atoms with Gasteiger partial charge in [0, 0.05) is 11.1 Å². The monoisotopic (exact) mass is 411 g/mol. The van der Waals surface area contributed by atoms with Crippen molar-refractivity contribution < 1.29 is 23.5 Å². The van der Waals surface area contributed by atoms with E-state index < -0.39 is 0 Å². The highest BCUT2D eigenvalue weighted by Gasteiger charge is 2.19. The van der Waals surface area contributed by atoms with Gasteiger partial charge in [-0.25, -0.2) is 0 Å². The largest absolute Gasteiger partial charge is 0.490 e. The molecule has 2 aromatic carbocycles. The Labute approximate surface area is 175 Å². The zero-order valence-electron chi connectivity index (χ0n) is 17.3. The van der Waals surface area contributed by atoms with Gasteiger partial charge < -0.3 is 24.1 Å². The average molecular weight is 411 g/mol. The Bertz CT molecular complexity index is 945. The predicted molar refractivity (Wildman–Crippen MR) is 111 cm³/mol. The molecule has 0 radical (unpaired) electrons. The van der Waals surface area contributed by atoms with E-state index in [1.807, 2.05) is 51.1 Å². The van der Waals surface area contributed by atoms with E-state index in [-0.39, 0.29) is 12.5 Å². The molecule has 0 atom stereocenters. The van der Waals surface area contributed by atoms with Crippen LogP contribution in [0.15, 0.2) is 47.0 Å². The lowest BCUT2D eigenvalue weighted by molar-refractivity contribution is 0.0945. The Morgan fingerprint density at radius 2 is 1.60 bits per heavy atom. The molecule has 0 fully saturated rings. The zero-order valence-corrected chi connectivity index (χ0v) is 17.3. The normalized spacial score (nSPS) is 10.5. The van der Waals surface area contributed by atoms with Crippen molar-refractivity contribution in [1.82, 2.24) is 15.5 Å². The third-order valence-corrected chi connectivity index (χ3v) is 4.07. The maximum absolute atomic E-state index is 12.7. The molecule has 158 valence electrons. The van der Waals surface area contributed by atoms with Crippen LogP contribution in [-0.2, 0) is 6.54 Å². The van der Waals surface area contributed by atoms with Gasteiger partial charge in [0.1, 0.15) is 0 Å². The fraction of sp³-hybridized carbons (Fsp3) is 0.318. The number of carbonyl (C=O) groups is 1. The molecule has 3 aromatic rings. The van der Waals surface area contributed by atoms with Gasteiger partial charge in [0.15, 0.2) is 11.5 Å². The summed E-state index contributed by atoms with van der Waals surface area (Å²) in [4.78, 5) is 17.0. The molecule has 0 aliphatic carbocycles. The van der Waals surface area contributed by atoms with Gasteiger partial charge in [0.2, 0.25) is 17.5 Å². The third-order valence-electron chi connectivity index (χ3n) is 4.07. The first-order chi connectivity index (χ1) is 14.7. The first-order valence-corrected chi connectivity index (χ1v) is 9.88. The molecular weight excluding hydrogens is 386 g/mol. The summed E-state index contributed by atoms with van der Waals surface area (Å²) in [6.45, 7) is 7.01. The molecule has 0 spiro atoms. The SMILES string of the molecule is CCOc1cc(C(=O)NCc2nc(-c3ccccc3)no2)cc(OCC)c1OCC. The zero-order chi connectivity index (χ0) is 21.3. The molecule has 0 bridgehead atoms. The molecule has 8 heteroatoms. The first-order valence-electron chi connectivity index (χ1n) is 9.88. The van der Waals surface area contributed by atoms with E-state index in [1.54, 1.807) is 12.1 Å². The van der Waals surface area contributed by atoms with E-state index in [0.717, 1.165) is 5.56 Å². The molecule has 1 aromatic heterocycles. The molecule has 0 aliphatic rings. The molecule has 8 nitrogen and oxygen atoms in total. The second kappa shape index (κ2) is 10.3. The highest BCUT2D eigenvalue weighted by molar-refractivity contribution is 5.95. The summed E-state index contributed by atoms with van der Waals surface area (Å²) in [6.07, 6.45) is 0. The minimum atomic E-state index is -0.320. The number of benzene rings is 2. The number of rotatable bonds is 10. The van der Waals surface area contributed by atoms with E-state index in [9.17, 15) is 4.79 Å². The lowest BCUT2D eigenvalue weighted by Crippen LogP contribution is -2.23. The average Bonchev–Trinajstić information content (AvgIpc) is 3.24. The van der Waals surface area contributed by atoms with Crippen molar-refractivity contribution in [2.45, 2.75) is 27.3 Å². The standard InChI is InChI=1S/C22H25N3O5/c1-4-27-17-12-16(13-18(28-5-2)20(17)29-6-3)22(26)23-14-19-24-21(25-30-19)15-10-8-7-9-11-15/h7-13H,4-6,14H2,1-3H3,(H,23,26). The molecule has 0 saturated carbocycles. The summed E-state index contributed by atoms with van der Waals surface area (Å²) >= 11 is 0. The van der Waals surface area contributed by atoms with Crippen molar-refractivity contribution in [2.24, 2.45) is 0 Å². The Morgan fingerprint density at radius 1 is 0.967 bits per heavy atom. The number of hydrogen-bond acceptors (Lipinski definition) is 7. The number of ether oxygens (including phenoxy) is 3. The molecule has 30 heavy (non-hydrogen) atoms. The van der Waals surface area contributed by atoms with Gasteiger partial charge in [0.25, 0.3) is 5.91 Å². The Balaban J connectivity index is 1.75. The quantitative estimate of drug-likeness (QED) is 0.541. The number of nitrogens with one attached hydrogen (secondary N) is 1. The number of nitrogens with zero attached hydrogens (tertiary/aromatic N) is 2. The molecule has 3 rings (SSSR count). The van der Waals surface area contributed by atoms with Crippen LogP contribution in [0.25, 0.3) is 11.4 Å². The van der Waals surface area contributed by atoms with Crippen LogP contribution >= 0.6 is 0 Å². The van der Waals surface area contributed by atoms with Crippen molar-refractivity contribution in [3.05, 3.63) is 53.9 Å². The van der Waals surface area contributed by atoms with Crippen LogP contribution in [0.5, 0.6) is 17.2 Å². The highest BCUT2D eigenvalue weighted by atomic mass is 16.5. The number of aromatic nitrogens is 2. The number of amides is 1. The van der Waals surface area contributed by atoms with Gasteiger partial charge >= 0.3 is 0 Å². The van der Waals surface area contributed by atoms with Crippen LogP contribution in [-0.4, -0.2) is 35.9 Å². The molecule has 1 heterocycles. The molecule has 0 unspecified atom stereocenters. The van der Waals surface area contributed by atoms with E-state index in [0.29, 0.717) is 54.3 Å². The van der Waals surface area contributed by atoms with Crippen LogP contribution in [0.3, 0.4) is 0 Å². The summed E-state index contributed by atoms with van der Waals surface area (Å²) in [7, 11) is 0. The molecule has 0 aliphatic heterocycles. The minimum Gasteiger partial charge on any atom is -0.490 e. The number of carbonyl (C=O) groups excluding carboxylic acids is 1. The summed E-state index contributed by atoms with van der Waals surface area (Å²) in [5, 5.41) is 6.74. The third kappa shape index (κ3) is 5.08. The van der Waals surface area contributed by atoms with E-state index >= 15 is 0 Å². The van der Waals surface area contributed by atoms with Crippen molar-refractivity contribution in [3.8, 4) is 28.6 Å². The van der Waals surface area contributed by atoms with Gasteiger partial charge in [-0.2, -0.15) is 4.98 Å². The maximum Gasteiger partial charge on any atom is 0.251 e.